The molecule has 0 atom stereocenters. The number of carbonyl (C=O) groups excluding carboxylic acids is 3. The molecule has 0 spiro atoms. The minimum absolute atomic E-state index is 0.00799. The van der Waals surface area contributed by atoms with Crippen LogP contribution in [0.2, 0.25) is 0 Å². The first-order chi connectivity index (χ1) is 24.6. The van der Waals surface area contributed by atoms with E-state index in [4.69, 9.17) is 9.72 Å². The average molecular weight is 694 g/mol. The van der Waals surface area contributed by atoms with Gasteiger partial charge >= 0.3 is 6.09 Å². The molecule has 0 unspecified atom stereocenters. The number of likely N-dealkylation sites (N-methyl/N-ethyl adjacent to an activating group) is 2. The zero-order chi connectivity index (χ0) is 36.8. The molecule has 2 N–H and O–H groups in total. The van der Waals surface area contributed by atoms with Crippen LogP contribution < -0.4 is 20.3 Å². The standard InChI is InChI=1S/C40H51N7O4/c1-7-10-24-41-36(48)22-17-31-15-12-16-34(28-31)47(40(50)51-37-29(4)13-11-14-30(37)5)35-23-25-42-39(44-35)43-33-20-18-32(19-21-33)38(49)45(6)26-27-46(8-2)9-3/h11-16,18-21,23,25,28H,7-10,17,22,24,26-27H2,1-6H3,(H,41,48)(H,42,43,44). The second kappa shape index (κ2) is 19.2. The molecule has 1 aromatic heterocycles. The first kappa shape index (κ1) is 38.5. The van der Waals surface area contributed by atoms with Crippen molar-refractivity contribution < 1.29 is 19.1 Å². The number of rotatable bonds is 17. The molecule has 0 aliphatic carbocycles. The predicted octanol–water partition coefficient (Wildman–Crippen LogP) is 7.44. The number of carbonyl (C=O) groups is 3. The molecule has 4 rings (SSSR count). The van der Waals surface area contributed by atoms with E-state index < -0.39 is 6.09 Å². The van der Waals surface area contributed by atoms with Gasteiger partial charge in [0.25, 0.3) is 5.91 Å². The molecule has 3 amide bonds. The third kappa shape index (κ3) is 11.1. The van der Waals surface area contributed by atoms with Crippen LogP contribution in [0.5, 0.6) is 5.75 Å². The van der Waals surface area contributed by atoms with Gasteiger partial charge in [-0.3, -0.25) is 9.59 Å². The number of para-hydroxylation sites is 1. The van der Waals surface area contributed by atoms with E-state index in [1.807, 2.05) is 57.3 Å². The van der Waals surface area contributed by atoms with Crippen LogP contribution in [-0.4, -0.2) is 77.4 Å². The van der Waals surface area contributed by atoms with Crippen LogP contribution >= 0.6 is 0 Å². The number of amides is 3. The zero-order valence-corrected chi connectivity index (χ0v) is 30.7. The summed E-state index contributed by atoms with van der Waals surface area (Å²) in [6, 6.07) is 21.9. The molecule has 3 aromatic carbocycles. The topological polar surface area (TPSA) is 120 Å². The Morgan fingerprint density at radius 2 is 1.57 bits per heavy atom. The van der Waals surface area contributed by atoms with Crippen molar-refractivity contribution >= 4 is 41.0 Å². The molecule has 4 aromatic rings. The van der Waals surface area contributed by atoms with E-state index in [0.717, 1.165) is 49.2 Å². The molecule has 0 aliphatic rings. The van der Waals surface area contributed by atoms with E-state index in [0.29, 0.717) is 54.4 Å². The van der Waals surface area contributed by atoms with Crippen molar-refractivity contribution in [3.8, 4) is 5.75 Å². The number of aromatic nitrogens is 2. The molecule has 0 aliphatic heterocycles. The van der Waals surface area contributed by atoms with Crippen molar-refractivity contribution in [1.82, 2.24) is 25.1 Å². The second-order valence-corrected chi connectivity index (χ2v) is 12.5. The van der Waals surface area contributed by atoms with Gasteiger partial charge in [-0.15, -0.1) is 0 Å². The number of nitrogens with zero attached hydrogens (tertiary/aromatic N) is 5. The number of hydrogen-bond acceptors (Lipinski definition) is 8. The third-order valence-electron chi connectivity index (χ3n) is 8.69. The number of hydrogen-bond donors (Lipinski definition) is 2. The molecule has 270 valence electrons. The van der Waals surface area contributed by atoms with Gasteiger partial charge in [0.15, 0.2) is 0 Å². The Morgan fingerprint density at radius 1 is 0.863 bits per heavy atom. The highest BCUT2D eigenvalue weighted by molar-refractivity contribution is 5.97. The molecule has 11 nitrogen and oxygen atoms in total. The number of unbranched alkanes of at least 4 members (excludes halogenated alkanes) is 1. The molecule has 0 radical (unpaired) electrons. The lowest BCUT2D eigenvalue weighted by Crippen LogP contribution is -2.36. The first-order valence-corrected chi connectivity index (χ1v) is 17.7. The van der Waals surface area contributed by atoms with E-state index in [-0.39, 0.29) is 17.8 Å². The number of aryl methyl sites for hydroxylation is 3. The van der Waals surface area contributed by atoms with Crippen LogP contribution in [0.3, 0.4) is 0 Å². The van der Waals surface area contributed by atoms with Gasteiger partial charge in [-0.1, -0.05) is 57.5 Å². The summed E-state index contributed by atoms with van der Waals surface area (Å²) in [6.07, 6.45) is 3.72. The van der Waals surface area contributed by atoms with Crippen molar-refractivity contribution in [2.45, 2.75) is 60.3 Å². The van der Waals surface area contributed by atoms with E-state index in [9.17, 15) is 14.4 Å². The summed E-state index contributed by atoms with van der Waals surface area (Å²) in [5.41, 5.74) is 4.34. The number of anilines is 4. The van der Waals surface area contributed by atoms with Gasteiger partial charge in [0.05, 0.1) is 5.69 Å². The maximum Gasteiger partial charge on any atom is 0.425 e. The van der Waals surface area contributed by atoms with Crippen molar-refractivity contribution in [2.24, 2.45) is 0 Å². The quantitative estimate of drug-likeness (QED) is 0.110. The molecule has 0 fully saturated rings. The third-order valence-corrected chi connectivity index (χ3v) is 8.69. The summed E-state index contributed by atoms with van der Waals surface area (Å²) in [5.74, 6) is 0.969. The van der Waals surface area contributed by atoms with Crippen LogP contribution in [0.25, 0.3) is 0 Å². The van der Waals surface area contributed by atoms with Crippen LogP contribution in [0.4, 0.5) is 27.9 Å². The minimum atomic E-state index is -0.639. The van der Waals surface area contributed by atoms with Crippen LogP contribution in [0.15, 0.2) is 79.0 Å². The van der Waals surface area contributed by atoms with Gasteiger partial charge in [-0.25, -0.2) is 14.7 Å². The summed E-state index contributed by atoms with van der Waals surface area (Å²) < 4.78 is 6.00. The first-order valence-electron chi connectivity index (χ1n) is 17.7. The summed E-state index contributed by atoms with van der Waals surface area (Å²) in [6.45, 7) is 14.1. The Labute approximate surface area is 302 Å². The van der Waals surface area contributed by atoms with E-state index in [1.54, 1.807) is 47.5 Å². The normalized spacial score (nSPS) is 10.9. The zero-order valence-electron chi connectivity index (χ0n) is 30.7. The molecule has 0 bridgehead atoms. The van der Waals surface area contributed by atoms with E-state index >= 15 is 0 Å². The lowest BCUT2D eigenvalue weighted by molar-refractivity contribution is -0.121. The van der Waals surface area contributed by atoms with Gasteiger partial charge in [0.2, 0.25) is 11.9 Å². The van der Waals surface area contributed by atoms with E-state index in [2.05, 4.69) is 41.3 Å². The Morgan fingerprint density at radius 3 is 2.25 bits per heavy atom. The summed E-state index contributed by atoms with van der Waals surface area (Å²) in [7, 11) is 1.82. The van der Waals surface area contributed by atoms with Gasteiger partial charge in [0, 0.05) is 56.6 Å². The Kier molecular flexibility index (Phi) is 14.5. The fourth-order valence-corrected chi connectivity index (χ4v) is 5.54. The highest BCUT2D eigenvalue weighted by atomic mass is 16.6. The molecular weight excluding hydrogens is 642 g/mol. The monoisotopic (exact) mass is 693 g/mol. The molecular formula is C40H51N7O4. The van der Waals surface area contributed by atoms with Crippen LogP contribution in [0.1, 0.15) is 67.1 Å². The van der Waals surface area contributed by atoms with Gasteiger partial charge in [0.1, 0.15) is 11.6 Å². The van der Waals surface area contributed by atoms with Gasteiger partial charge in [-0.05, 0) is 92.9 Å². The maximum atomic E-state index is 14.0. The van der Waals surface area contributed by atoms with Gasteiger partial charge < -0.3 is 25.2 Å². The summed E-state index contributed by atoms with van der Waals surface area (Å²) in [5, 5.41) is 6.15. The van der Waals surface area contributed by atoms with Crippen LogP contribution in [-0.2, 0) is 11.2 Å². The summed E-state index contributed by atoms with van der Waals surface area (Å²) in [4.78, 5) is 54.0. The smallest absolute Gasteiger partial charge is 0.409 e. The Hall–Kier alpha value is -5.29. The molecule has 1 heterocycles. The molecule has 11 heteroatoms. The number of nitrogens with one attached hydrogen (secondary N) is 2. The Balaban J connectivity index is 1.56. The van der Waals surface area contributed by atoms with Crippen molar-refractivity contribution in [3.05, 3.63) is 101 Å². The molecule has 0 saturated heterocycles. The molecule has 0 saturated carbocycles. The fraction of sp³-hybridized carbons (Fsp3) is 0.375. The second-order valence-electron chi connectivity index (χ2n) is 12.5. The summed E-state index contributed by atoms with van der Waals surface area (Å²) >= 11 is 0. The SMILES string of the molecule is CCCCNC(=O)CCc1cccc(N(C(=O)Oc2c(C)cccc2C)c2ccnc(Nc3ccc(C(=O)N(C)CCN(CC)CC)cc3)n2)c1. The highest BCUT2D eigenvalue weighted by Crippen LogP contribution is 2.30. The highest BCUT2D eigenvalue weighted by Gasteiger charge is 2.24. The van der Waals surface area contributed by atoms with Crippen LogP contribution in [0, 0.1) is 13.8 Å². The van der Waals surface area contributed by atoms with Gasteiger partial charge in [-0.2, -0.15) is 4.98 Å². The minimum Gasteiger partial charge on any atom is -0.409 e. The predicted molar refractivity (Wildman–Crippen MR) is 203 cm³/mol. The van der Waals surface area contributed by atoms with Crippen molar-refractivity contribution in [3.63, 3.8) is 0 Å². The average Bonchev–Trinajstić information content (AvgIpc) is 3.13. The lowest BCUT2D eigenvalue weighted by atomic mass is 10.1. The number of benzene rings is 3. The maximum absolute atomic E-state index is 14.0. The largest absolute Gasteiger partial charge is 0.425 e. The fourth-order valence-electron chi connectivity index (χ4n) is 5.54. The molecule has 51 heavy (non-hydrogen) atoms. The van der Waals surface area contributed by atoms with E-state index in [1.165, 1.54) is 4.90 Å². The van der Waals surface area contributed by atoms with Crippen molar-refractivity contribution in [2.75, 3.05) is 50.0 Å². The lowest BCUT2D eigenvalue weighted by Gasteiger charge is -2.23. The van der Waals surface area contributed by atoms with Crippen molar-refractivity contribution in [1.29, 1.82) is 0 Å². The Bertz CT molecular complexity index is 1740. The number of ether oxygens (including phenoxy) is 1.